The number of carbonyl (C=O) groups excluding carboxylic acids is 1. The van der Waals surface area contributed by atoms with E-state index < -0.39 is 0 Å². The molecule has 0 aromatic carbocycles. The molecule has 0 fully saturated rings. The fourth-order valence-electron chi connectivity index (χ4n) is 0.568. The highest BCUT2D eigenvalue weighted by atomic mass is 16.2. The molecule has 1 atom stereocenters. The smallest absolute Gasteiger partial charge is 0.317 e. The summed E-state index contributed by atoms with van der Waals surface area (Å²) in [6.45, 7) is 1.88. The Morgan fingerprint density at radius 1 is 1.73 bits per heavy atom. The number of amides is 2. The molecule has 0 spiro atoms. The third-order valence-electron chi connectivity index (χ3n) is 1.20. The SMILES string of the molecule is C#CCC(C)NC(=O)N(C)C. The van der Waals surface area contributed by atoms with Gasteiger partial charge in [0.15, 0.2) is 0 Å². The van der Waals surface area contributed by atoms with Crippen LogP contribution in [-0.2, 0) is 0 Å². The minimum Gasteiger partial charge on any atom is -0.335 e. The molecular formula is C8H14N2O. The lowest BCUT2D eigenvalue weighted by Gasteiger charge is -2.15. The maximum atomic E-state index is 11.0. The Morgan fingerprint density at radius 3 is 2.64 bits per heavy atom. The van der Waals surface area contributed by atoms with Crippen molar-refractivity contribution in [1.82, 2.24) is 10.2 Å². The third kappa shape index (κ3) is 4.26. The number of hydrogen-bond donors (Lipinski definition) is 1. The van der Waals surface area contributed by atoms with Gasteiger partial charge in [0.2, 0.25) is 0 Å². The number of nitrogens with one attached hydrogen (secondary N) is 1. The topological polar surface area (TPSA) is 32.3 Å². The summed E-state index contributed by atoms with van der Waals surface area (Å²) in [7, 11) is 3.38. The van der Waals surface area contributed by atoms with Gasteiger partial charge in [0.1, 0.15) is 0 Å². The van der Waals surface area contributed by atoms with E-state index in [0.29, 0.717) is 6.42 Å². The highest BCUT2D eigenvalue weighted by molar-refractivity contribution is 5.73. The van der Waals surface area contributed by atoms with Crippen LogP contribution in [0.2, 0.25) is 0 Å². The Labute approximate surface area is 67.8 Å². The van der Waals surface area contributed by atoms with Crippen LogP contribution in [0.25, 0.3) is 0 Å². The third-order valence-corrected chi connectivity index (χ3v) is 1.20. The number of terminal acetylenes is 1. The van der Waals surface area contributed by atoms with Crippen LogP contribution >= 0.6 is 0 Å². The molecule has 0 saturated heterocycles. The summed E-state index contributed by atoms with van der Waals surface area (Å²) in [4.78, 5) is 12.5. The summed E-state index contributed by atoms with van der Waals surface area (Å²) in [5, 5.41) is 2.72. The van der Waals surface area contributed by atoms with Gasteiger partial charge in [-0.3, -0.25) is 0 Å². The van der Waals surface area contributed by atoms with E-state index >= 15 is 0 Å². The Morgan fingerprint density at radius 2 is 2.27 bits per heavy atom. The van der Waals surface area contributed by atoms with Crippen molar-refractivity contribution < 1.29 is 4.79 Å². The standard InChI is InChI=1S/C8H14N2O/c1-5-6-7(2)9-8(11)10(3)4/h1,7H,6H2,2-4H3,(H,9,11). The van der Waals surface area contributed by atoms with Crippen LogP contribution in [-0.4, -0.2) is 31.1 Å². The lowest BCUT2D eigenvalue weighted by molar-refractivity contribution is 0.214. The van der Waals surface area contributed by atoms with Crippen molar-refractivity contribution in [2.75, 3.05) is 14.1 Å². The Balaban J connectivity index is 3.68. The molecule has 0 aliphatic carbocycles. The van der Waals surface area contributed by atoms with Gasteiger partial charge in [-0.2, -0.15) is 0 Å². The molecule has 3 nitrogen and oxygen atoms in total. The molecule has 0 aromatic heterocycles. The van der Waals surface area contributed by atoms with Gasteiger partial charge < -0.3 is 10.2 Å². The maximum Gasteiger partial charge on any atom is 0.317 e. The molecule has 0 bridgehead atoms. The van der Waals surface area contributed by atoms with Gasteiger partial charge in [-0.15, -0.1) is 12.3 Å². The van der Waals surface area contributed by atoms with Crippen molar-refractivity contribution in [3.63, 3.8) is 0 Å². The van der Waals surface area contributed by atoms with Crippen LogP contribution in [0.1, 0.15) is 13.3 Å². The largest absolute Gasteiger partial charge is 0.335 e. The summed E-state index contributed by atoms with van der Waals surface area (Å²) >= 11 is 0. The zero-order chi connectivity index (χ0) is 8.85. The Kier molecular flexibility index (Phi) is 4.12. The summed E-state index contributed by atoms with van der Waals surface area (Å²) in [5.41, 5.74) is 0. The van der Waals surface area contributed by atoms with Crippen molar-refractivity contribution in [2.24, 2.45) is 0 Å². The predicted molar refractivity (Wildman–Crippen MR) is 45.1 cm³/mol. The van der Waals surface area contributed by atoms with Gasteiger partial charge in [0.25, 0.3) is 0 Å². The van der Waals surface area contributed by atoms with Crippen molar-refractivity contribution in [3.05, 3.63) is 0 Å². The van der Waals surface area contributed by atoms with Gasteiger partial charge in [0.05, 0.1) is 0 Å². The van der Waals surface area contributed by atoms with Crippen molar-refractivity contribution >= 4 is 6.03 Å². The van der Waals surface area contributed by atoms with Crippen molar-refractivity contribution in [3.8, 4) is 12.3 Å². The summed E-state index contributed by atoms with van der Waals surface area (Å²) in [5.74, 6) is 2.48. The van der Waals surface area contributed by atoms with Crippen LogP contribution in [0.15, 0.2) is 0 Å². The maximum absolute atomic E-state index is 11.0. The van der Waals surface area contributed by atoms with E-state index in [0.717, 1.165) is 0 Å². The van der Waals surface area contributed by atoms with E-state index in [9.17, 15) is 4.79 Å². The fraction of sp³-hybridized carbons (Fsp3) is 0.625. The van der Waals surface area contributed by atoms with Crippen LogP contribution in [0.3, 0.4) is 0 Å². The van der Waals surface area contributed by atoms with Crippen LogP contribution < -0.4 is 5.32 Å². The zero-order valence-corrected chi connectivity index (χ0v) is 7.22. The van der Waals surface area contributed by atoms with E-state index in [1.807, 2.05) is 6.92 Å². The number of hydrogen-bond acceptors (Lipinski definition) is 1. The monoisotopic (exact) mass is 154 g/mol. The number of nitrogens with zero attached hydrogens (tertiary/aromatic N) is 1. The normalized spacial score (nSPS) is 11.5. The van der Waals surface area contributed by atoms with E-state index in [4.69, 9.17) is 6.42 Å². The first-order valence-corrected chi connectivity index (χ1v) is 3.49. The van der Waals surface area contributed by atoms with E-state index in [2.05, 4.69) is 11.2 Å². The number of urea groups is 1. The average molecular weight is 154 g/mol. The first-order chi connectivity index (χ1) is 5.07. The van der Waals surface area contributed by atoms with Crippen molar-refractivity contribution in [2.45, 2.75) is 19.4 Å². The lowest BCUT2D eigenvalue weighted by Crippen LogP contribution is -2.39. The first-order valence-electron chi connectivity index (χ1n) is 3.49. The predicted octanol–water partition coefficient (Wildman–Crippen LogP) is 0.669. The van der Waals surface area contributed by atoms with Crippen LogP contribution in [0.4, 0.5) is 4.79 Å². The molecule has 3 heteroatoms. The zero-order valence-electron chi connectivity index (χ0n) is 7.22. The fourth-order valence-corrected chi connectivity index (χ4v) is 0.568. The molecule has 0 aliphatic heterocycles. The average Bonchev–Trinajstić information content (AvgIpc) is 1.87. The van der Waals surface area contributed by atoms with Gasteiger partial charge in [0, 0.05) is 26.6 Å². The molecule has 2 amide bonds. The van der Waals surface area contributed by atoms with E-state index in [-0.39, 0.29) is 12.1 Å². The summed E-state index contributed by atoms with van der Waals surface area (Å²) < 4.78 is 0. The molecule has 1 unspecified atom stereocenters. The quantitative estimate of drug-likeness (QED) is 0.582. The first kappa shape index (κ1) is 9.83. The molecule has 0 radical (unpaired) electrons. The Hall–Kier alpha value is -1.17. The summed E-state index contributed by atoms with van der Waals surface area (Å²) in [6, 6.07) is -0.0531. The molecule has 0 saturated carbocycles. The molecule has 1 N–H and O–H groups in total. The van der Waals surface area contributed by atoms with Crippen molar-refractivity contribution in [1.29, 1.82) is 0 Å². The second kappa shape index (κ2) is 4.62. The van der Waals surface area contributed by atoms with Gasteiger partial charge >= 0.3 is 6.03 Å². The molecule has 0 aliphatic rings. The number of rotatable bonds is 2. The second-order valence-corrected chi connectivity index (χ2v) is 2.65. The van der Waals surface area contributed by atoms with Gasteiger partial charge in [-0.05, 0) is 6.92 Å². The molecule has 0 heterocycles. The molecular weight excluding hydrogens is 140 g/mol. The summed E-state index contributed by atoms with van der Waals surface area (Å²) in [6.07, 6.45) is 5.64. The second-order valence-electron chi connectivity index (χ2n) is 2.65. The highest BCUT2D eigenvalue weighted by Gasteiger charge is 2.06. The Bertz CT molecular complexity index is 169. The lowest BCUT2D eigenvalue weighted by atomic mass is 10.2. The highest BCUT2D eigenvalue weighted by Crippen LogP contribution is 1.88. The molecule has 62 valence electrons. The number of carbonyl (C=O) groups is 1. The van der Waals surface area contributed by atoms with E-state index in [1.165, 1.54) is 4.90 Å². The van der Waals surface area contributed by atoms with Gasteiger partial charge in [-0.1, -0.05) is 0 Å². The molecule has 0 rings (SSSR count). The van der Waals surface area contributed by atoms with Crippen LogP contribution in [0, 0.1) is 12.3 Å². The molecule has 0 aromatic rings. The van der Waals surface area contributed by atoms with Crippen LogP contribution in [0.5, 0.6) is 0 Å². The van der Waals surface area contributed by atoms with E-state index in [1.54, 1.807) is 14.1 Å². The molecule has 11 heavy (non-hydrogen) atoms. The minimum atomic E-state index is -0.104. The minimum absolute atomic E-state index is 0.0508. The van der Waals surface area contributed by atoms with Gasteiger partial charge in [-0.25, -0.2) is 4.79 Å².